The molecule has 2 aliphatic rings. The lowest BCUT2D eigenvalue weighted by molar-refractivity contribution is -0.135. The zero-order valence-corrected chi connectivity index (χ0v) is 17.7. The van der Waals surface area contributed by atoms with Gasteiger partial charge in [0.1, 0.15) is 18.0 Å². The van der Waals surface area contributed by atoms with Crippen molar-refractivity contribution in [1.29, 1.82) is 0 Å². The zero-order valence-electron chi connectivity index (χ0n) is 16.8. The first-order chi connectivity index (χ1) is 14.5. The molecule has 0 N–H and O–H groups in total. The van der Waals surface area contributed by atoms with Gasteiger partial charge in [0.05, 0.1) is 19.1 Å². The number of carbonyl (C=O) groups is 3. The number of ether oxygens (including phenoxy) is 2. The van der Waals surface area contributed by atoms with Crippen molar-refractivity contribution >= 4 is 45.7 Å². The molecule has 0 bridgehead atoms. The molecule has 2 aromatic rings. The van der Waals surface area contributed by atoms with Crippen molar-refractivity contribution in [2.24, 2.45) is 0 Å². The van der Waals surface area contributed by atoms with Gasteiger partial charge in [0.2, 0.25) is 5.91 Å². The minimum absolute atomic E-state index is 0.191. The second kappa shape index (κ2) is 8.39. The second-order valence-electron chi connectivity index (χ2n) is 7.12. The monoisotopic (exact) mass is 426 g/mol. The van der Waals surface area contributed by atoms with E-state index >= 15 is 0 Å². The third-order valence-electron chi connectivity index (χ3n) is 5.35. The van der Waals surface area contributed by atoms with Gasteiger partial charge in [-0.3, -0.25) is 19.3 Å². The van der Waals surface area contributed by atoms with Crippen LogP contribution in [-0.2, 0) is 9.59 Å². The number of hydrogen-bond donors (Lipinski definition) is 0. The molecule has 156 valence electrons. The Morgan fingerprint density at radius 1 is 1.10 bits per heavy atom. The maximum atomic E-state index is 12.9. The van der Waals surface area contributed by atoms with E-state index in [0.29, 0.717) is 30.2 Å². The average molecular weight is 426 g/mol. The fraction of sp³-hybridized carbons (Fsp3) is 0.318. The number of amides is 3. The van der Waals surface area contributed by atoms with Gasteiger partial charge in [-0.05, 0) is 59.7 Å². The van der Waals surface area contributed by atoms with Crippen LogP contribution in [0.15, 0.2) is 35.2 Å². The first-order valence-corrected chi connectivity index (χ1v) is 10.5. The maximum Gasteiger partial charge on any atom is 0.294 e. The highest BCUT2D eigenvalue weighted by Crippen LogP contribution is 2.37. The summed E-state index contributed by atoms with van der Waals surface area (Å²) in [5.41, 5.74) is 0.685. The molecular formula is C22H22N2O5S. The van der Waals surface area contributed by atoms with Crippen LogP contribution in [0.25, 0.3) is 16.8 Å². The fourth-order valence-electron chi connectivity index (χ4n) is 3.72. The molecule has 2 saturated heterocycles. The minimum atomic E-state index is -0.459. The summed E-state index contributed by atoms with van der Waals surface area (Å²) in [6, 6.07) is 9.39. The highest BCUT2D eigenvalue weighted by Gasteiger charge is 2.37. The first kappa shape index (κ1) is 20.3. The molecule has 0 unspecified atom stereocenters. The highest BCUT2D eigenvalue weighted by molar-refractivity contribution is 8.18. The molecule has 3 amide bonds. The Morgan fingerprint density at radius 2 is 1.83 bits per heavy atom. The van der Waals surface area contributed by atoms with Crippen LogP contribution in [0, 0.1) is 0 Å². The highest BCUT2D eigenvalue weighted by atomic mass is 32.2. The fourth-order valence-corrected chi connectivity index (χ4v) is 4.55. The van der Waals surface area contributed by atoms with Crippen molar-refractivity contribution in [3.05, 3.63) is 40.8 Å². The van der Waals surface area contributed by atoms with Crippen molar-refractivity contribution < 1.29 is 23.9 Å². The maximum absolute atomic E-state index is 12.9. The van der Waals surface area contributed by atoms with E-state index in [1.165, 1.54) is 0 Å². The molecule has 0 saturated carbocycles. The molecule has 0 aliphatic carbocycles. The summed E-state index contributed by atoms with van der Waals surface area (Å²) in [7, 11) is 3.14. The summed E-state index contributed by atoms with van der Waals surface area (Å²) in [5.74, 6) is 0.605. The van der Waals surface area contributed by atoms with Crippen molar-refractivity contribution in [2.75, 3.05) is 33.9 Å². The summed E-state index contributed by atoms with van der Waals surface area (Å²) in [6.07, 6.45) is 3.57. The van der Waals surface area contributed by atoms with Crippen molar-refractivity contribution in [3.8, 4) is 11.5 Å². The Labute approximate surface area is 178 Å². The summed E-state index contributed by atoms with van der Waals surface area (Å²) in [6.45, 7) is 1.14. The van der Waals surface area contributed by atoms with Gasteiger partial charge in [-0.1, -0.05) is 12.1 Å². The van der Waals surface area contributed by atoms with Gasteiger partial charge in [-0.15, -0.1) is 0 Å². The van der Waals surface area contributed by atoms with E-state index in [4.69, 9.17) is 9.47 Å². The molecule has 0 atom stereocenters. The van der Waals surface area contributed by atoms with Crippen molar-refractivity contribution in [1.82, 2.24) is 9.80 Å². The summed E-state index contributed by atoms with van der Waals surface area (Å²) in [5, 5.41) is 1.36. The summed E-state index contributed by atoms with van der Waals surface area (Å²) < 4.78 is 10.8. The van der Waals surface area contributed by atoms with Gasteiger partial charge in [0.25, 0.3) is 11.1 Å². The molecule has 0 spiro atoms. The van der Waals surface area contributed by atoms with Gasteiger partial charge in [0.15, 0.2) is 0 Å². The normalized spacial score (nSPS) is 18.0. The number of rotatable bonds is 5. The number of likely N-dealkylation sites (tertiary alicyclic amines) is 1. The Hall–Kier alpha value is -3.00. The average Bonchev–Trinajstić information content (AvgIpc) is 3.38. The van der Waals surface area contributed by atoms with Gasteiger partial charge in [0, 0.05) is 18.7 Å². The van der Waals surface area contributed by atoms with Crippen LogP contribution < -0.4 is 9.47 Å². The number of hydrogen-bond acceptors (Lipinski definition) is 6. The van der Waals surface area contributed by atoms with E-state index in [1.807, 2.05) is 30.3 Å². The Balaban J connectivity index is 1.67. The number of thioether (sulfide) groups is 1. The SMILES string of the molecule is COc1ccc2ccc(OC)c(/C=C3/SC(=O)N(CC(=O)N4CCCC4)C3=O)c2c1. The van der Waals surface area contributed by atoms with Crippen LogP contribution in [0.3, 0.4) is 0 Å². The molecule has 4 rings (SSSR count). The molecule has 30 heavy (non-hydrogen) atoms. The van der Waals surface area contributed by atoms with E-state index in [0.717, 1.165) is 40.3 Å². The molecule has 2 heterocycles. The zero-order chi connectivity index (χ0) is 21.3. The number of benzene rings is 2. The van der Waals surface area contributed by atoms with Crippen LogP contribution >= 0.6 is 11.8 Å². The number of fused-ring (bicyclic) bond motifs is 1. The van der Waals surface area contributed by atoms with Gasteiger partial charge >= 0.3 is 0 Å². The van der Waals surface area contributed by atoms with E-state index in [-0.39, 0.29) is 17.4 Å². The molecule has 2 aromatic carbocycles. The van der Waals surface area contributed by atoms with E-state index in [1.54, 1.807) is 25.2 Å². The van der Waals surface area contributed by atoms with Crippen molar-refractivity contribution in [3.63, 3.8) is 0 Å². The number of carbonyl (C=O) groups excluding carboxylic acids is 3. The summed E-state index contributed by atoms with van der Waals surface area (Å²) in [4.78, 5) is 40.8. The Morgan fingerprint density at radius 3 is 2.53 bits per heavy atom. The Kier molecular flexibility index (Phi) is 5.67. The van der Waals surface area contributed by atoms with E-state index < -0.39 is 11.1 Å². The molecule has 7 nitrogen and oxygen atoms in total. The number of nitrogens with zero attached hydrogens (tertiary/aromatic N) is 2. The Bertz CT molecular complexity index is 1050. The topological polar surface area (TPSA) is 76.2 Å². The number of methoxy groups -OCH3 is 2. The minimum Gasteiger partial charge on any atom is -0.497 e. The molecular weight excluding hydrogens is 404 g/mol. The van der Waals surface area contributed by atoms with Crippen LogP contribution in [0.5, 0.6) is 11.5 Å². The lowest BCUT2D eigenvalue weighted by Crippen LogP contribution is -2.40. The predicted octanol–water partition coefficient (Wildman–Crippen LogP) is 3.52. The molecule has 0 radical (unpaired) electrons. The smallest absolute Gasteiger partial charge is 0.294 e. The largest absolute Gasteiger partial charge is 0.497 e. The summed E-state index contributed by atoms with van der Waals surface area (Å²) >= 11 is 0.840. The molecule has 2 aliphatic heterocycles. The first-order valence-electron chi connectivity index (χ1n) is 9.69. The second-order valence-corrected chi connectivity index (χ2v) is 8.12. The van der Waals surface area contributed by atoms with Gasteiger partial charge in [-0.25, -0.2) is 0 Å². The third-order valence-corrected chi connectivity index (χ3v) is 6.26. The lowest BCUT2D eigenvalue weighted by Gasteiger charge is -2.18. The van der Waals surface area contributed by atoms with Crippen LogP contribution in [0.2, 0.25) is 0 Å². The van der Waals surface area contributed by atoms with E-state index in [9.17, 15) is 14.4 Å². The third kappa shape index (κ3) is 3.75. The quantitative estimate of drug-likeness (QED) is 0.681. The predicted molar refractivity (Wildman–Crippen MR) is 116 cm³/mol. The van der Waals surface area contributed by atoms with Crippen molar-refractivity contribution in [2.45, 2.75) is 12.8 Å². The standard InChI is InChI=1S/C22H22N2O5S/c1-28-15-7-5-14-6-8-18(29-2)17(16(14)11-15)12-19-21(26)24(22(27)30-19)13-20(25)23-9-3-4-10-23/h5-8,11-12H,3-4,9-10,13H2,1-2H3/b19-12+. The van der Waals surface area contributed by atoms with Gasteiger partial charge < -0.3 is 14.4 Å². The van der Waals surface area contributed by atoms with Crippen LogP contribution in [0.1, 0.15) is 18.4 Å². The molecule has 2 fully saturated rings. The molecule has 8 heteroatoms. The number of imide groups is 1. The van der Waals surface area contributed by atoms with Gasteiger partial charge in [-0.2, -0.15) is 0 Å². The van der Waals surface area contributed by atoms with E-state index in [2.05, 4.69) is 0 Å². The molecule has 0 aromatic heterocycles. The lowest BCUT2D eigenvalue weighted by atomic mass is 10.0. The van der Waals surface area contributed by atoms with Crippen LogP contribution in [0.4, 0.5) is 4.79 Å². The van der Waals surface area contributed by atoms with Crippen LogP contribution in [-0.4, -0.2) is 60.7 Å².